The second-order valence-corrected chi connectivity index (χ2v) is 11.7. The van der Waals surface area contributed by atoms with Crippen LogP contribution in [0.4, 0.5) is 0 Å². The highest BCUT2D eigenvalue weighted by Crippen LogP contribution is 2.40. The minimum absolute atomic E-state index is 0.0447. The van der Waals surface area contributed by atoms with Crippen LogP contribution in [0.2, 0.25) is 0 Å². The second-order valence-electron chi connectivity index (χ2n) is 11.7. The summed E-state index contributed by atoms with van der Waals surface area (Å²) >= 11 is 0. The van der Waals surface area contributed by atoms with Crippen LogP contribution in [-0.4, -0.2) is 19.5 Å². The third kappa shape index (κ3) is 4.60. The lowest BCUT2D eigenvalue weighted by Crippen LogP contribution is -2.00. The summed E-state index contributed by atoms with van der Waals surface area (Å²) in [4.78, 5) is 13.8. The number of nitrogens with zero attached hydrogens (tertiary/aromatic N) is 4. The fourth-order valence-electron chi connectivity index (χ4n) is 6.64. The van der Waals surface area contributed by atoms with Gasteiger partial charge < -0.3 is 8.98 Å². The van der Waals surface area contributed by atoms with Gasteiger partial charge in [-0.2, -0.15) is 0 Å². The van der Waals surface area contributed by atoms with Crippen molar-refractivity contribution in [3.63, 3.8) is 0 Å². The van der Waals surface area contributed by atoms with Crippen LogP contribution in [0.1, 0.15) is 13.7 Å². The van der Waals surface area contributed by atoms with Gasteiger partial charge in [-0.3, -0.25) is 0 Å². The number of rotatable bonds is 5. The van der Waals surface area contributed by atoms with Crippen molar-refractivity contribution in [3.05, 3.63) is 170 Å². The number of benzene rings is 7. The molecule has 0 N–H and O–H groups in total. The number of hydrogen-bond acceptors (Lipinski definition) is 4. The third-order valence-corrected chi connectivity index (χ3v) is 8.84. The predicted molar refractivity (Wildman–Crippen MR) is 203 cm³/mol. The summed E-state index contributed by atoms with van der Waals surface area (Å²) in [7, 11) is 0. The van der Waals surface area contributed by atoms with Crippen molar-refractivity contribution in [2.24, 2.45) is 0 Å². The molecular formula is C45H28N4O. The highest BCUT2D eigenvalue weighted by atomic mass is 16.3. The highest BCUT2D eigenvalue weighted by Gasteiger charge is 2.20. The molecule has 0 bridgehead atoms. The van der Waals surface area contributed by atoms with E-state index in [0.717, 1.165) is 38.6 Å². The first-order chi connectivity index (χ1) is 28.9. The molecule has 5 nitrogen and oxygen atoms in total. The summed E-state index contributed by atoms with van der Waals surface area (Å²) in [6, 6.07) is 29.9. The van der Waals surface area contributed by atoms with Crippen LogP contribution < -0.4 is 0 Å². The predicted octanol–water partition coefficient (Wildman–Crippen LogP) is 11.5. The van der Waals surface area contributed by atoms with Crippen molar-refractivity contribution in [2.45, 2.75) is 0 Å². The Morgan fingerprint density at radius 2 is 1.14 bits per heavy atom. The van der Waals surface area contributed by atoms with Gasteiger partial charge >= 0.3 is 0 Å². The number of fused-ring (bicyclic) bond motifs is 6. The summed E-state index contributed by atoms with van der Waals surface area (Å²) < 4.78 is 93.3. The van der Waals surface area contributed by atoms with Crippen LogP contribution in [0.5, 0.6) is 0 Å². The normalized spacial score (nSPS) is 14.4. The van der Waals surface area contributed by atoms with Gasteiger partial charge in [0.25, 0.3) is 0 Å². The SMILES string of the molecule is [2H]c1c([2H])c([2H])c(-c2nc(-c3c([2H])c([2H])c([2H])c([2H])c3[2H])nc(-c3cccc4oc5ccc(-n6c7ccccc7c7ccc(-c8ccccc8)cc76)cc5c34)n2)c([2H])c1[2H]. The molecule has 0 atom stereocenters. The largest absolute Gasteiger partial charge is 0.456 e. The Hall–Kier alpha value is -6.85. The summed E-state index contributed by atoms with van der Waals surface area (Å²) in [6.45, 7) is 0. The Balaban J connectivity index is 1.25. The van der Waals surface area contributed by atoms with E-state index in [1.807, 2.05) is 48.5 Å². The minimum Gasteiger partial charge on any atom is -0.456 e. The summed E-state index contributed by atoms with van der Waals surface area (Å²) in [5.41, 5.74) is 5.72. The fraction of sp³-hybridized carbons (Fsp3) is 0. The first-order valence-electron chi connectivity index (χ1n) is 20.9. The number of aromatic nitrogens is 4. The van der Waals surface area contributed by atoms with E-state index >= 15 is 0 Å². The summed E-state index contributed by atoms with van der Waals surface area (Å²) in [5, 5.41) is 3.44. The van der Waals surface area contributed by atoms with Gasteiger partial charge in [-0.05, 0) is 47.5 Å². The molecule has 10 aromatic rings. The van der Waals surface area contributed by atoms with Crippen LogP contribution in [0.15, 0.2) is 174 Å². The molecule has 10 rings (SSSR count). The Kier molecular flexibility index (Phi) is 4.52. The van der Waals surface area contributed by atoms with Gasteiger partial charge in [0.2, 0.25) is 0 Å². The van der Waals surface area contributed by atoms with Crippen molar-refractivity contribution >= 4 is 43.7 Å². The van der Waals surface area contributed by atoms with Crippen molar-refractivity contribution in [1.29, 1.82) is 0 Å². The van der Waals surface area contributed by atoms with E-state index in [1.165, 1.54) is 0 Å². The average Bonchev–Trinajstić information content (AvgIpc) is 3.81. The molecule has 0 saturated carbocycles. The monoisotopic (exact) mass is 650 g/mol. The fourth-order valence-corrected chi connectivity index (χ4v) is 6.64. The molecule has 0 amide bonds. The van der Waals surface area contributed by atoms with Crippen molar-refractivity contribution in [2.75, 3.05) is 0 Å². The smallest absolute Gasteiger partial charge is 0.164 e. The third-order valence-electron chi connectivity index (χ3n) is 8.84. The van der Waals surface area contributed by atoms with E-state index < -0.39 is 60.4 Å². The van der Waals surface area contributed by atoms with Crippen LogP contribution in [-0.2, 0) is 0 Å². The van der Waals surface area contributed by atoms with Crippen LogP contribution in [0, 0.1) is 0 Å². The van der Waals surface area contributed by atoms with Gasteiger partial charge in [-0.15, -0.1) is 0 Å². The molecule has 0 aliphatic rings. The van der Waals surface area contributed by atoms with Gasteiger partial charge in [0.15, 0.2) is 17.5 Å². The van der Waals surface area contributed by atoms with Crippen LogP contribution >= 0.6 is 0 Å². The maximum absolute atomic E-state index is 8.74. The molecule has 234 valence electrons. The van der Waals surface area contributed by atoms with Crippen molar-refractivity contribution in [3.8, 4) is 51.0 Å². The molecule has 0 spiro atoms. The molecule has 0 unspecified atom stereocenters. The quantitative estimate of drug-likeness (QED) is 0.186. The van der Waals surface area contributed by atoms with Crippen LogP contribution in [0.3, 0.4) is 0 Å². The molecule has 7 aromatic carbocycles. The van der Waals surface area contributed by atoms with Gasteiger partial charge in [0.1, 0.15) is 11.2 Å². The van der Waals surface area contributed by atoms with Crippen molar-refractivity contribution < 1.29 is 18.1 Å². The van der Waals surface area contributed by atoms with E-state index in [1.54, 1.807) is 18.2 Å². The first-order valence-corrected chi connectivity index (χ1v) is 15.9. The Morgan fingerprint density at radius 3 is 1.90 bits per heavy atom. The van der Waals surface area contributed by atoms with E-state index in [4.69, 9.17) is 28.1 Å². The maximum atomic E-state index is 8.74. The van der Waals surface area contributed by atoms with Gasteiger partial charge in [0, 0.05) is 43.9 Å². The molecule has 5 heteroatoms. The average molecular weight is 651 g/mol. The zero-order valence-electron chi connectivity index (χ0n) is 36.1. The second kappa shape index (κ2) is 11.4. The van der Waals surface area contributed by atoms with E-state index in [0.29, 0.717) is 27.5 Å². The zero-order chi connectivity index (χ0) is 41.7. The molecule has 0 aliphatic heterocycles. The summed E-state index contributed by atoms with van der Waals surface area (Å²) in [5.74, 6) is -0.732. The Morgan fingerprint density at radius 1 is 0.460 bits per heavy atom. The molecule has 0 radical (unpaired) electrons. The molecule has 0 aliphatic carbocycles. The molecule has 3 aromatic heterocycles. The molecule has 0 saturated heterocycles. The first kappa shape index (κ1) is 19.8. The van der Waals surface area contributed by atoms with E-state index in [2.05, 4.69) is 52.0 Å². The maximum Gasteiger partial charge on any atom is 0.164 e. The van der Waals surface area contributed by atoms with Gasteiger partial charge in [-0.25, -0.2) is 15.0 Å². The molecule has 0 fully saturated rings. The molecular weight excluding hydrogens is 613 g/mol. The summed E-state index contributed by atoms with van der Waals surface area (Å²) in [6.07, 6.45) is 0. The molecule has 3 heterocycles. The van der Waals surface area contributed by atoms with Gasteiger partial charge in [-0.1, -0.05) is 133 Å². The lowest BCUT2D eigenvalue weighted by Gasteiger charge is -2.10. The molecule has 50 heavy (non-hydrogen) atoms. The number of hydrogen-bond donors (Lipinski definition) is 0. The minimum atomic E-state index is -0.617. The number of furan rings is 1. The lowest BCUT2D eigenvalue weighted by molar-refractivity contribution is 0.669. The van der Waals surface area contributed by atoms with E-state index in [9.17, 15) is 0 Å². The Bertz CT molecular complexity index is 3310. The van der Waals surface area contributed by atoms with Crippen molar-refractivity contribution in [1.82, 2.24) is 19.5 Å². The van der Waals surface area contributed by atoms with Gasteiger partial charge in [0.05, 0.1) is 24.7 Å². The highest BCUT2D eigenvalue weighted by molar-refractivity contribution is 6.14. The topological polar surface area (TPSA) is 56.7 Å². The number of para-hydroxylation sites is 1. The van der Waals surface area contributed by atoms with Crippen LogP contribution in [0.25, 0.3) is 94.7 Å². The standard InChI is InChI=1S/C45H28N4O/c1-4-13-29(14-5-1)32-23-25-35-34-19-10-11-21-38(34)49(39(35)27-32)33-24-26-40-37(28-33)42-36(20-12-22-41(42)50-40)45-47-43(30-15-6-2-7-16-30)46-44(48-45)31-17-8-3-9-18-31/h1-28H/i2D,3D,6D,7D,8D,9D,15D,16D,17D,18D. The van der Waals surface area contributed by atoms with E-state index in [-0.39, 0.29) is 28.6 Å². The Labute approximate surface area is 301 Å². The zero-order valence-corrected chi connectivity index (χ0v) is 26.1. The lowest BCUT2D eigenvalue weighted by atomic mass is 10.0.